The van der Waals surface area contributed by atoms with E-state index in [0.29, 0.717) is 11.1 Å². The van der Waals surface area contributed by atoms with Gasteiger partial charge in [-0.15, -0.1) is 0 Å². The lowest BCUT2D eigenvalue weighted by atomic mass is 9.89. The van der Waals surface area contributed by atoms with E-state index in [9.17, 15) is 22.0 Å². The maximum absolute atomic E-state index is 14.6. The highest BCUT2D eigenvalue weighted by molar-refractivity contribution is 6.58. The maximum Gasteiger partial charge on any atom is 0.207 e. The molecule has 0 saturated heterocycles. The summed E-state index contributed by atoms with van der Waals surface area (Å²) in [6.07, 6.45) is 2.04. The summed E-state index contributed by atoms with van der Waals surface area (Å²) >= 11 is 0. The Balaban J connectivity index is 2.08. The fraction of sp³-hybridized carbons (Fsp3) is 0.259. The zero-order valence-corrected chi connectivity index (χ0v) is 20.5. The number of rotatable bonds is 5. The van der Waals surface area contributed by atoms with Crippen LogP contribution in [0.15, 0.2) is 42.0 Å². The van der Waals surface area contributed by atoms with Gasteiger partial charge in [0.2, 0.25) is 34.8 Å². The van der Waals surface area contributed by atoms with Gasteiger partial charge in [0.1, 0.15) is 5.75 Å². The Kier molecular flexibility index (Phi) is 6.42. The molecular weight excluding hydrogens is 463 g/mol. The molecule has 0 heterocycles. The molecule has 177 valence electrons. The van der Waals surface area contributed by atoms with Crippen molar-refractivity contribution in [1.29, 1.82) is 0 Å². The largest absolute Gasteiger partial charge is 0.450 e. The van der Waals surface area contributed by atoms with Crippen LogP contribution in [0.1, 0.15) is 48.9 Å². The number of fused-ring (bicyclic) bond motifs is 1. The Morgan fingerprint density at radius 1 is 0.824 bits per heavy atom. The minimum Gasteiger partial charge on any atom is -0.450 e. The lowest BCUT2D eigenvalue weighted by Gasteiger charge is -2.25. The van der Waals surface area contributed by atoms with Gasteiger partial charge in [-0.2, -0.15) is 8.78 Å². The van der Waals surface area contributed by atoms with Gasteiger partial charge >= 0.3 is 0 Å². The minimum absolute atomic E-state index is 0.0915. The van der Waals surface area contributed by atoms with Crippen LogP contribution in [-0.4, -0.2) is 8.80 Å². The third kappa shape index (κ3) is 3.86. The van der Waals surface area contributed by atoms with Gasteiger partial charge in [-0.1, -0.05) is 75.0 Å². The molecule has 3 aromatic rings. The predicted molar refractivity (Wildman–Crippen MR) is 126 cm³/mol. The van der Waals surface area contributed by atoms with Crippen molar-refractivity contribution in [3.63, 3.8) is 0 Å². The second-order valence-electron chi connectivity index (χ2n) is 9.09. The standard InChI is InChI=1S/C27H24F5OSi/c1-13(2)16-12-18-17(11-14(3)27(18)34(4)5)19(15-9-7-6-8-10-15)25(16)33-26-23(31)21(29)20(28)22(30)24(26)32/h6-13,27H,1-5H3. The molecule has 0 N–H and O–H groups in total. The third-order valence-corrected chi connectivity index (χ3v) is 8.08. The summed E-state index contributed by atoms with van der Waals surface area (Å²) in [6.45, 7) is 10.3. The third-order valence-electron chi connectivity index (χ3n) is 6.15. The molecule has 7 heteroatoms. The molecule has 1 atom stereocenters. The quantitative estimate of drug-likeness (QED) is 0.151. The fourth-order valence-corrected chi connectivity index (χ4v) is 6.50. The molecule has 1 radical (unpaired) electrons. The van der Waals surface area contributed by atoms with Gasteiger partial charge in [0.05, 0.1) is 8.80 Å². The molecule has 0 spiro atoms. The first-order valence-corrected chi connectivity index (χ1v) is 13.6. The highest BCUT2D eigenvalue weighted by atomic mass is 28.3. The van der Waals surface area contributed by atoms with Crippen molar-refractivity contribution in [2.75, 3.05) is 0 Å². The van der Waals surface area contributed by atoms with Crippen LogP contribution < -0.4 is 4.74 Å². The zero-order chi connectivity index (χ0) is 24.9. The van der Waals surface area contributed by atoms with Crippen LogP contribution in [-0.2, 0) is 0 Å². The van der Waals surface area contributed by atoms with E-state index < -0.39 is 43.6 Å². The summed E-state index contributed by atoms with van der Waals surface area (Å²) in [5, 5.41) is 0. The Morgan fingerprint density at radius 2 is 1.38 bits per heavy atom. The van der Waals surface area contributed by atoms with Crippen LogP contribution in [0.4, 0.5) is 22.0 Å². The summed E-state index contributed by atoms with van der Waals surface area (Å²) in [5.74, 6) is -11.6. The topological polar surface area (TPSA) is 9.23 Å². The second kappa shape index (κ2) is 9.02. The monoisotopic (exact) mass is 487 g/mol. The van der Waals surface area contributed by atoms with Crippen LogP contribution in [0.5, 0.6) is 11.5 Å². The summed E-state index contributed by atoms with van der Waals surface area (Å²) in [5.41, 5.74) is 5.31. The van der Waals surface area contributed by atoms with Crippen LogP contribution in [0.25, 0.3) is 17.2 Å². The Morgan fingerprint density at radius 3 is 1.91 bits per heavy atom. The average Bonchev–Trinajstić information content (AvgIpc) is 3.14. The molecule has 0 saturated carbocycles. The van der Waals surface area contributed by atoms with E-state index in [1.807, 2.05) is 56.3 Å². The molecule has 1 unspecified atom stereocenters. The van der Waals surface area contributed by atoms with Gasteiger partial charge in [0.25, 0.3) is 0 Å². The molecule has 0 aliphatic heterocycles. The van der Waals surface area contributed by atoms with Crippen molar-refractivity contribution in [2.24, 2.45) is 0 Å². The number of hydrogen-bond acceptors (Lipinski definition) is 1. The molecule has 0 aromatic heterocycles. The van der Waals surface area contributed by atoms with E-state index >= 15 is 0 Å². The van der Waals surface area contributed by atoms with Gasteiger partial charge < -0.3 is 4.74 Å². The molecule has 4 rings (SSSR count). The lowest BCUT2D eigenvalue weighted by Crippen LogP contribution is -2.16. The number of benzene rings is 3. The van der Waals surface area contributed by atoms with Gasteiger partial charge in [0.15, 0.2) is 0 Å². The van der Waals surface area contributed by atoms with Gasteiger partial charge in [0, 0.05) is 5.56 Å². The number of ether oxygens (including phenoxy) is 1. The molecule has 3 aromatic carbocycles. The zero-order valence-electron chi connectivity index (χ0n) is 19.5. The molecule has 34 heavy (non-hydrogen) atoms. The van der Waals surface area contributed by atoms with Crippen molar-refractivity contribution < 1.29 is 26.7 Å². The molecular formula is C27H24F5OSi. The van der Waals surface area contributed by atoms with Crippen molar-refractivity contribution in [3.8, 4) is 22.6 Å². The van der Waals surface area contributed by atoms with Crippen molar-refractivity contribution in [1.82, 2.24) is 0 Å². The molecule has 1 aliphatic rings. The van der Waals surface area contributed by atoms with Crippen molar-refractivity contribution in [2.45, 2.75) is 45.3 Å². The van der Waals surface area contributed by atoms with Gasteiger partial charge in [-0.25, -0.2) is 13.2 Å². The maximum atomic E-state index is 14.6. The number of hydrogen-bond donors (Lipinski definition) is 0. The predicted octanol–water partition coefficient (Wildman–Crippen LogP) is 8.76. The van der Waals surface area contributed by atoms with E-state index in [2.05, 4.69) is 20.0 Å². The second-order valence-corrected chi connectivity index (χ2v) is 11.8. The van der Waals surface area contributed by atoms with Crippen molar-refractivity contribution >= 4 is 14.9 Å². The summed E-state index contributed by atoms with van der Waals surface area (Å²) in [7, 11) is -0.782. The molecule has 1 aliphatic carbocycles. The highest BCUT2D eigenvalue weighted by Crippen LogP contribution is 2.50. The molecule has 0 bridgehead atoms. The molecule has 0 amide bonds. The molecule has 1 nitrogen and oxygen atoms in total. The minimum atomic E-state index is -2.22. The van der Waals surface area contributed by atoms with E-state index in [1.54, 1.807) is 0 Å². The first-order valence-electron chi connectivity index (χ1n) is 11.0. The van der Waals surface area contributed by atoms with E-state index in [-0.39, 0.29) is 17.2 Å². The summed E-state index contributed by atoms with van der Waals surface area (Å²) in [4.78, 5) is 0. The Bertz CT molecular complexity index is 1270. The highest BCUT2D eigenvalue weighted by Gasteiger charge is 2.34. The first-order chi connectivity index (χ1) is 16.0. The fourth-order valence-electron chi connectivity index (χ4n) is 4.65. The van der Waals surface area contributed by atoms with Crippen molar-refractivity contribution in [3.05, 3.63) is 87.7 Å². The number of halogens is 5. The van der Waals surface area contributed by atoms with Gasteiger partial charge in [-0.05, 0) is 40.6 Å². The van der Waals surface area contributed by atoms with E-state index in [4.69, 9.17) is 4.74 Å². The van der Waals surface area contributed by atoms with Crippen LogP contribution in [0.2, 0.25) is 13.1 Å². The number of allylic oxidation sites excluding steroid dienone is 1. The van der Waals surface area contributed by atoms with Gasteiger partial charge in [-0.3, -0.25) is 0 Å². The van der Waals surface area contributed by atoms with Crippen LogP contribution in [0.3, 0.4) is 0 Å². The van der Waals surface area contributed by atoms with Crippen LogP contribution in [0, 0.1) is 29.1 Å². The normalized spacial score (nSPS) is 15.2. The first kappa shape index (κ1) is 24.2. The van der Waals surface area contributed by atoms with E-state index in [1.165, 1.54) is 5.57 Å². The summed E-state index contributed by atoms with van der Waals surface area (Å²) < 4.78 is 76.4. The average molecular weight is 488 g/mol. The van der Waals surface area contributed by atoms with Crippen LogP contribution >= 0.6 is 0 Å². The smallest absolute Gasteiger partial charge is 0.207 e. The lowest BCUT2D eigenvalue weighted by molar-refractivity contribution is 0.331. The Labute approximate surface area is 197 Å². The SMILES string of the molecule is CC1=Cc2c(cc(C(C)C)c(Oc3c(F)c(F)c(F)c(F)c3F)c2-c2ccccc2)C1[Si](C)C. The van der Waals surface area contributed by atoms with E-state index in [0.717, 1.165) is 16.7 Å². The molecule has 0 fully saturated rings. The summed E-state index contributed by atoms with van der Waals surface area (Å²) in [6, 6.07) is 11.1. The Hall–Kier alpha value is -2.93.